The molecule has 114 valence electrons. The Morgan fingerprint density at radius 2 is 2.15 bits per heavy atom. The molecule has 20 heavy (non-hydrogen) atoms. The molecule has 7 nitrogen and oxygen atoms in total. The van der Waals surface area contributed by atoms with E-state index in [0.717, 1.165) is 0 Å². The van der Waals surface area contributed by atoms with Crippen molar-refractivity contribution in [1.82, 2.24) is 9.55 Å². The molecule has 1 rings (SSSR count). The van der Waals surface area contributed by atoms with Gasteiger partial charge in [-0.15, -0.1) is 0 Å². The summed E-state index contributed by atoms with van der Waals surface area (Å²) in [4.78, 5) is 13.8. The molecule has 0 saturated heterocycles. The average Bonchev–Trinajstić information content (AvgIpc) is 2.73. The fourth-order valence-corrected chi connectivity index (χ4v) is 2.46. The lowest BCUT2D eigenvalue weighted by Crippen LogP contribution is -2.43. The van der Waals surface area contributed by atoms with E-state index < -0.39 is 19.3 Å². The van der Waals surface area contributed by atoms with Crippen molar-refractivity contribution < 1.29 is 14.5 Å². The second kappa shape index (κ2) is 6.02. The zero-order chi connectivity index (χ0) is 15.6. The van der Waals surface area contributed by atoms with Crippen LogP contribution >= 0.6 is 0 Å². The molecular formula is C12H23N3O4Si. The molecule has 0 radical (unpaired) electrons. The fourth-order valence-electron chi connectivity index (χ4n) is 1.42. The second-order valence-electron chi connectivity index (χ2n) is 6.36. The molecule has 0 spiro atoms. The molecule has 1 aromatic rings. The van der Waals surface area contributed by atoms with Crippen LogP contribution < -0.4 is 0 Å². The van der Waals surface area contributed by atoms with Crippen molar-refractivity contribution in [3.05, 3.63) is 22.5 Å². The summed E-state index contributed by atoms with van der Waals surface area (Å²) in [6.07, 6.45) is 2.03. The summed E-state index contributed by atoms with van der Waals surface area (Å²) in [5, 5.41) is 20.8. The highest BCUT2D eigenvalue weighted by atomic mass is 28.4. The zero-order valence-corrected chi connectivity index (χ0v) is 13.7. The van der Waals surface area contributed by atoms with Gasteiger partial charge in [0, 0.05) is 0 Å². The second-order valence-corrected chi connectivity index (χ2v) is 11.2. The Hall–Kier alpha value is -1.25. The van der Waals surface area contributed by atoms with Crippen LogP contribution in [0.3, 0.4) is 0 Å². The van der Waals surface area contributed by atoms with Gasteiger partial charge in [-0.2, -0.15) is 0 Å². The van der Waals surface area contributed by atoms with Crippen LogP contribution in [0.4, 0.5) is 5.95 Å². The number of aliphatic hydroxyl groups is 1. The van der Waals surface area contributed by atoms with Gasteiger partial charge in [-0.05, 0) is 23.1 Å². The lowest BCUT2D eigenvalue weighted by atomic mass is 10.2. The molecule has 1 heterocycles. The maximum absolute atomic E-state index is 10.7. The summed E-state index contributed by atoms with van der Waals surface area (Å²) < 4.78 is 7.21. The van der Waals surface area contributed by atoms with Crippen LogP contribution in [0.25, 0.3) is 0 Å². The summed E-state index contributed by atoms with van der Waals surface area (Å²) in [5.41, 5.74) is 0. The maximum Gasteiger partial charge on any atom is 0.434 e. The van der Waals surface area contributed by atoms with Crippen LogP contribution in [0.2, 0.25) is 18.1 Å². The van der Waals surface area contributed by atoms with Gasteiger partial charge < -0.3 is 19.6 Å². The van der Waals surface area contributed by atoms with Gasteiger partial charge >= 0.3 is 5.95 Å². The van der Waals surface area contributed by atoms with Crippen molar-refractivity contribution in [2.75, 3.05) is 6.61 Å². The maximum atomic E-state index is 10.7. The first-order chi connectivity index (χ1) is 9.04. The lowest BCUT2D eigenvalue weighted by Gasteiger charge is -2.36. The number of nitro groups is 1. The van der Waals surface area contributed by atoms with Gasteiger partial charge in [-0.1, -0.05) is 25.8 Å². The first-order valence-electron chi connectivity index (χ1n) is 6.52. The van der Waals surface area contributed by atoms with Crippen molar-refractivity contribution in [2.24, 2.45) is 0 Å². The Balaban J connectivity index is 2.59. The smallest absolute Gasteiger partial charge is 0.414 e. The quantitative estimate of drug-likeness (QED) is 0.494. The predicted octanol–water partition coefficient (Wildman–Crippen LogP) is 2.17. The number of hydrogen-bond acceptors (Lipinski definition) is 5. The lowest BCUT2D eigenvalue weighted by molar-refractivity contribution is -0.397. The molecule has 1 N–H and O–H groups in total. The van der Waals surface area contributed by atoms with E-state index in [2.05, 4.69) is 38.8 Å². The Bertz CT molecular complexity index is 468. The molecule has 8 heteroatoms. The monoisotopic (exact) mass is 301 g/mol. The van der Waals surface area contributed by atoms with E-state index >= 15 is 0 Å². The third-order valence-electron chi connectivity index (χ3n) is 3.71. The van der Waals surface area contributed by atoms with Crippen molar-refractivity contribution in [3.8, 4) is 0 Å². The molecule has 0 saturated carbocycles. The third-order valence-corrected chi connectivity index (χ3v) is 8.21. The molecular weight excluding hydrogens is 278 g/mol. The minimum atomic E-state index is -1.92. The van der Waals surface area contributed by atoms with Crippen LogP contribution in [0.5, 0.6) is 0 Å². The van der Waals surface area contributed by atoms with E-state index in [0.29, 0.717) is 0 Å². The fraction of sp³-hybridized carbons (Fsp3) is 0.750. The summed E-state index contributed by atoms with van der Waals surface area (Å²) >= 11 is 0. The molecule has 1 atom stereocenters. The van der Waals surface area contributed by atoms with Gasteiger partial charge in [0.15, 0.2) is 8.32 Å². The molecule has 0 aliphatic carbocycles. The van der Waals surface area contributed by atoms with Crippen molar-refractivity contribution in [1.29, 1.82) is 0 Å². The van der Waals surface area contributed by atoms with E-state index in [1.165, 1.54) is 17.0 Å². The van der Waals surface area contributed by atoms with Crippen LogP contribution in [-0.4, -0.2) is 40.6 Å². The summed E-state index contributed by atoms with van der Waals surface area (Å²) in [6.45, 7) is 10.8. The van der Waals surface area contributed by atoms with Gasteiger partial charge in [0.25, 0.3) is 0 Å². The summed E-state index contributed by atoms with van der Waals surface area (Å²) in [6, 6.07) is 0. The normalized spacial score (nSPS) is 14.3. The average molecular weight is 301 g/mol. The summed E-state index contributed by atoms with van der Waals surface area (Å²) in [7, 11) is -1.92. The van der Waals surface area contributed by atoms with Crippen LogP contribution in [0.15, 0.2) is 12.4 Å². The van der Waals surface area contributed by atoms with E-state index in [1.54, 1.807) is 0 Å². The van der Waals surface area contributed by atoms with Gasteiger partial charge in [-0.25, -0.2) is 4.57 Å². The predicted molar refractivity (Wildman–Crippen MR) is 78.0 cm³/mol. The number of rotatable bonds is 6. The molecule has 0 aromatic carbocycles. The number of hydrogen-bond donors (Lipinski definition) is 1. The molecule has 0 amide bonds. The Kier molecular flexibility index (Phi) is 5.06. The standard InChI is InChI=1S/C12H23N3O4Si/c1-12(2,3)20(4,5)19-9-10(16)8-14-7-6-13-11(14)15(17)18/h6-7,10,16H,8-9H2,1-5H3. The molecule has 0 aliphatic heterocycles. The SMILES string of the molecule is CC(C)(C)[Si](C)(C)OCC(O)Cn1ccnc1[N+](=O)[O-]. The number of nitrogens with zero attached hydrogens (tertiary/aromatic N) is 3. The van der Waals surface area contributed by atoms with E-state index in [4.69, 9.17) is 4.43 Å². The summed E-state index contributed by atoms with van der Waals surface area (Å²) in [5.74, 6) is -0.267. The minimum absolute atomic E-state index is 0.0632. The topological polar surface area (TPSA) is 90.4 Å². The van der Waals surface area contributed by atoms with E-state index in [-0.39, 0.29) is 24.1 Å². The highest BCUT2D eigenvalue weighted by Crippen LogP contribution is 2.36. The number of aliphatic hydroxyl groups excluding tert-OH is 1. The molecule has 1 unspecified atom stereocenters. The van der Waals surface area contributed by atoms with Gasteiger partial charge in [-0.3, -0.25) is 0 Å². The molecule has 0 aliphatic rings. The van der Waals surface area contributed by atoms with Crippen molar-refractivity contribution in [3.63, 3.8) is 0 Å². The minimum Gasteiger partial charge on any atom is -0.414 e. The van der Waals surface area contributed by atoms with E-state index in [1.807, 2.05) is 0 Å². The first-order valence-corrected chi connectivity index (χ1v) is 9.43. The third kappa shape index (κ3) is 4.12. The van der Waals surface area contributed by atoms with Crippen molar-refractivity contribution >= 4 is 14.3 Å². The van der Waals surface area contributed by atoms with E-state index in [9.17, 15) is 15.2 Å². The first kappa shape index (κ1) is 16.8. The molecule has 1 aromatic heterocycles. The van der Waals surface area contributed by atoms with Gasteiger partial charge in [0.2, 0.25) is 0 Å². The van der Waals surface area contributed by atoms with Crippen molar-refractivity contribution in [2.45, 2.75) is 51.6 Å². The van der Waals surface area contributed by atoms with Crippen LogP contribution in [-0.2, 0) is 11.0 Å². The highest BCUT2D eigenvalue weighted by molar-refractivity contribution is 6.74. The largest absolute Gasteiger partial charge is 0.434 e. The number of aromatic nitrogens is 2. The Labute approximate surface area is 119 Å². The van der Waals surface area contributed by atoms with Gasteiger partial charge in [0.05, 0.1) is 13.2 Å². The zero-order valence-electron chi connectivity index (χ0n) is 12.7. The Morgan fingerprint density at radius 3 is 2.65 bits per heavy atom. The number of imidazole rings is 1. The Morgan fingerprint density at radius 1 is 1.55 bits per heavy atom. The van der Waals surface area contributed by atoms with Gasteiger partial charge in [0.1, 0.15) is 18.5 Å². The highest BCUT2D eigenvalue weighted by Gasteiger charge is 2.37. The van der Waals surface area contributed by atoms with Crippen LogP contribution in [0, 0.1) is 10.1 Å². The molecule has 0 fully saturated rings. The van der Waals surface area contributed by atoms with Crippen LogP contribution in [0.1, 0.15) is 20.8 Å². The molecule has 0 bridgehead atoms.